The van der Waals surface area contributed by atoms with Crippen molar-refractivity contribution < 1.29 is 14.3 Å². The lowest BCUT2D eigenvalue weighted by Crippen LogP contribution is -2.12. The van der Waals surface area contributed by atoms with Crippen LogP contribution in [0.5, 0.6) is 11.5 Å². The van der Waals surface area contributed by atoms with Gasteiger partial charge in [-0.2, -0.15) is 0 Å². The molecule has 6 nitrogen and oxygen atoms in total. The number of carbonyl (C=O) groups excluding carboxylic acids is 1. The average molecular weight is 321 g/mol. The molecule has 0 radical (unpaired) electrons. The Morgan fingerprint density at radius 1 is 1.27 bits per heavy atom. The number of imidazole rings is 1. The number of thioether (sulfide) groups is 1. The summed E-state index contributed by atoms with van der Waals surface area (Å²) in [4.78, 5) is 16.2. The second-order valence-corrected chi connectivity index (χ2v) is 5.63. The molecule has 0 aliphatic heterocycles. The molecule has 0 saturated heterocycles. The van der Waals surface area contributed by atoms with E-state index in [4.69, 9.17) is 9.47 Å². The van der Waals surface area contributed by atoms with E-state index in [0.29, 0.717) is 29.4 Å². The maximum Gasteiger partial charge on any atom is 0.225 e. The van der Waals surface area contributed by atoms with Crippen LogP contribution in [0.4, 0.5) is 5.69 Å². The van der Waals surface area contributed by atoms with Gasteiger partial charge in [0.1, 0.15) is 11.5 Å². The van der Waals surface area contributed by atoms with Gasteiger partial charge in [-0.05, 0) is 0 Å². The molecule has 1 N–H and O–H groups in total. The lowest BCUT2D eigenvalue weighted by atomic mass is 10.2. The standard InChI is InChI=1S/C15H19N3O3S/c1-18-6-5-16-15(18)22-7-4-14(19)17-11-8-12(20-2)10-13(9-11)21-3/h5-6,8-10H,4,7H2,1-3H3,(H,17,19). The summed E-state index contributed by atoms with van der Waals surface area (Å²) in [6.07, 6.45) is 4.02. The molecule has 0 bridgehead atoms. The summed E-state index contributed by atoms with van der Waals surface area (Å²) in [7, 11) is 5.08. The largest absolute Gasteiger partial charge is 0.497 e. The van der Waals surface area contributed by atoms with E-state index >= 15 is 0 Å². The summed E-state index contributed by atoms with van der Waals surface area (Å²) in [5.74, 6) is 1.88. The van der Waals surface area contributed by atoms with Crippen LogP contribution in [-0.2, 0) is 11.8 Å². The van der Waals surface area contributed by atoms with E-state index in [9.17, 15) is 4.79 Å². The van der Waals surface area contributed by atoms with Gasteiger partial charge in [-0.3, -0.25) is 4.79 Å². The van der Waals surface area contributed by atoms with Crippen LogP contribution < -0.4 is 14.8 Å². The van der Waals surface area contributed by atoms with Crippen LogP contribution in [0.15, 0.2) is 35.7 Å². The quantitative estimate of drug-likeness (QED) is 0.794. The number of aromatic nitrogens is 2. The van der Waals surface area contributed by atoms with E-state index in [1.54, 1.807) is 50.4 Å². The fourth-order valence-corrected chi connectivity index (χ4v) is 2.70. The Morgan fingerprint density at radius 3 is 2.50 bits per heavy atom. The Hall–Kier alpha value is -2.15. The third-order valence-corrected chi connectivity index (χ3v) is 4.03. The minimum absolute atomic E-state index is 0.0583. The van der Waals surface area contributed by atoms with Crippen molar-refractivity contribution in [3.05, 3.63) is 30.6 Å². The number of hydrogen-bond acceptors (Lipinski definition) is 5. The molecular weight excluding hydrogens is 302 g/mol. The Kier molecular flexibility index (Phi) is 5.71. The molecule has 0 atom stereocenters. The summed E-state index contributed by atoms with van der Waals surface area (Å²) in [5, 5.41) is 3.75. The van der Waals surface area contributed by atoms with Crippen LogP contribution in [0.2, 0.25) is 0 Å². The lowest BCUT2D eigenvalue weighted by molar-refractivity contribution is -0.115. The Balaban J connectivity index is 1.87. The maximum atomic E-state index is 12.0. The van der Waals surface area contributed by atoms with Crippen LogP contribution in [0, 0.1) is 0 Å². The fourth-order valence-electron chi connectivity index (χ4n) is 1.83. The van der Waals surface area contributed by atoms with Gasteiger partial charge in [0.15, 0.2) is 5.16 Å². The molecule has 1 aromatic carbocycles. The zero-order valence-corrected chi connectivity index (χ0v) is 13.6. The van der Waals surface area contributed by atoms with Crippen molar-refractivity contribution in [1.82, 2.24) is 9.55 Å². The SMILES string of the molecule is COc1cc(NC(=O)CCSc2nccn2C)cc(OC)c1. The molecule has 7 heteroatoms. The van der Waals surface area contributed by atoms with Crippen molar-refractivity contribution in [3.63, 3.8) is 0 Å². The molecule has 0 unspecified atom stereocenters. The minimum Gasteiger partial charge on any atom is -0.497 e. The van der Waals surface area contributed by atoms with Crippen LogP contribution in [0.3, 0.4) is 0 Å². The van der Waals surface area contributed by atoms with Crippen molar-refractivity contribution >= 4 is 23.4 Å². The molecule has 0 aliphatic carbocycles. The van der Waals surface area contributed by atoms with Gasteiger partial charge in [0.05, 0.1) is 14.2 Å². The number of carbonyl (C=O) groups is 1. The molecule has 1 heterocycles. The first-order chi connectivity index (χ1) is 10.6. The summed E-state index contributed by atoms with van der Waals surface area (Å²) in [6.45, 7) is 0. The molecule has 1 amide bonds. The van der Waals surface area contributed by atoms with Crippen LogP contribution in [0.25, 0.3) is 0 Å². The van der Waals surface area contributed by atoms with E-state index in [1.165, 1.54) is 0 Å². The number of nitrogens with one attached hydrogen (secondary N) is 1. The van der Waals surface area contributed by atoms with E-state index < -0.39 is 0 Å². The van der Waals surface area contributed by atoms with Crippen molar-refractivity contribution in [2.45, 2.75) is 11.6 Å². The number of nitrogens with zero attached hydrogens (tertiary/aromatic N) is 2. The third-order valence-electron chi connectivity index (χ3n) is 2.97. The monoisotopic (exact) mass is 321 g/mol. The molecule has 0 aliphatic rings. The second kappa shape index (κ2) is 7.74. The number of rotatable bonds is 7. The number of anilines is 1. The van der Waals surface area contributed by atoms with Crippen LogP contribution in [0.1, 0.15) is 6.42 Å². The van der Waals surface area contributed by atoms with Crippen molar-refractivity contribution in [1.29, 1.82) is 0 Å². The molecular formula is C15H19N3O3S. The highest BCUT2D eigenvalue weighted by Crippen LogP contribution is 2.26. The highest BCUT2D eigenvalue weighted by Gasteiger charge is 2.07. The predicted octanol–water partition coefficient (Wildman–Crippen LogP) is 2.56. The molecule has 1 aromatic heterocycles. The molecule has 0 saturated carbocycles. The van der Waals surface area contributed by atoms with Crippen LogP contribution >= 0.6 is 11.8 Å². The Labute approximate surface area is 133 Å². The van der Waals surface area contributed by atoms with Gasteiger partial charge in [-0.25, -0.2) is 4.98 Å². The van der Waals surface area contributed by atoms with Gasteiger partial charge >= 0.3 is 0 Å². The first-order valence-corrected chi connectivity index (χ1v) is 7.74. The van der Waals surface area contributed by atoms with Gasteiger partial charge in [0.2, 0.25) is 5.91 Å². The summed E-state index contributed by atoms with van der Waals surface area (Å²) in [6, 6.07) is 5.27. The summed E-state index contributed by atoms with van der Waals surface area (Å²) in [5.41, 5.74) is 0.656. The topological polar surface area (TPSA) is 65.4 Å². The van der Waals surface area contributed by atoms with Gasteiger partial charge in [0, 0.05) is 55.5 Å². The van der Waals surface area contributed by atoms with E-state index in [0.717, 1.165) is 5.16 Å². The fraction of sp³-hybridized carbons (Fsp3) is 0.333. The molecule has 22 heavy (non-hydrogen) atoms. The number of hydrogen-bond donors (Lipinski definition) is 1. The first-order valence-electron chi connectivity index (χ1n) is 6.75. The molecule has 0 spiro atoms. The molecule has 2 aromatic rings. The second-order valence-electron chi connectivity index (χ2n) is 4.57. The average Bonchev–Trinajstić information content (AvgIpc) is 2.92. The normalized spacial score (nSPS) is 10.3. The maximum absolute atomic E-state index is 12.0. The lowest BCUT2D eigenvalue weighted by Gasteiger charge is -2.09. The van der Waals surface area contributed by atoms with Gasteiger partial charge in [-0.15, -0.1) is 0 Å². The molecule has 0 fully saturated rings. The highest BCUT2D eigenvalue weighted by atomic mass is 32.2. The predicted molar refractivity (Wildman–Crippen MR) is 86.7 cm³/mol. The zero-order valence-electron chi connectivity index (χ0n) is 12.8. The zero-order chi connectivity index (χ0) is 15.9. The Bertz CT molecular complexity index is 620. The van der Waals surface area contributed by atoms with Gasteiger partial charge in [-0.1, -0.05) is 11.8 Å². The number of methoxy groups -OCH3 is 2. The third kappa shape index (κ3) is 4.42. The van der Waals surface area contributed by atoms with E-state index in [2.05, 4.69) is 10.3 Å². The summed E-state index contributed by atoms with van der Waals surface area (Å²) < 4.78 is 12.3. The molecule has 2 rings (SSSR count). The minimum atomic E-state index is -0.0583. The number of ether oxygens (including phenoxy) is 2. The number of aryl methyl sites for hydroxylation is 1. The van der Waals surface area contributed by atoms with Gasteiger partial charge in [0.25, 0.3) is 0 Å². The van der Waals surface area contributed by atoms with Crippen molar-refractivity contribution in [2.75, 3.05) is 25.3 Å². The first kappa shape index (κ1) is 16.2. The number of amides is 1. The van der Waals surface area contributed by atoms with Gasteiger partial charge < -0.3 is 19.4 Å². The molecule has 118 valence electrons. The van der Waals surface area contributed by atoms with E-state index in [1.807, 2.05) is 17.8 Å². The highest BCUT2D eigenvalue weighted by molar-refractivity contribution is 7.99. The van der Waals surface area contributed by atoms with Crippen LogP contribution in [-0.4, -0.2) is 35.4 Å². The Morgan fingerprint density at radius 2 is 1.95 bits per heavy atom. The van der Waals surface area contributed by atoms with Crippen molar-refractivity contribution in [2.24, 2.45) is 7.05 Å². The smallest absolute Gasteiger partial charge is 0.225 e. The van der Waals surface area contributed by atoms with Crippen molar-refractivity contribution in [3.8, 4) is 11.5 Å². The summed E-state index contributed by atoms with van der Waals surface area (Å²) >= 11 is 1.55. The number of benzene rings is 1. The van der Waals surface area contributed by atoms with E-state index in [-0.39, 0.29) is 5.91 Å².